The van der Waals surface area contributed by atoms with Gasteiger partial charge in [-0.25, -0.2) is 4.79 Å². The molecule has 2 heterocycles. The van der Waals surface area contributed by atoms with Gasteiger partial charge in [-0.15, -0.1) is 0 Å². The minimum absolute atomic E-state index is 0.432. The molecule has 1 aromatic heterocycles. The van der Waals surface area contributed by atoms with Crippen LogP contribution in [0, 0.1) is 0 Å². The number of fused-ring (bicyclic) bond motifs is 1. The molecule has 1 N–H and O–H groups in total. The molecule has 0 fully saturated rings. The molecule has 1 aliphatic rings. The average molecular weight is 301 g/mol. The Labute approximate surface area is 126 Å². The topological polar surface area (TPSA) is 91.2 Å². The highest BCUT2D eigenvalue weighted by Crippen LogP contribution is 2.35. The Morgan fingerprint density at radius 3 is 2.91 bits per heavy atom. The monoisotopic (exact) mass is 301 g/mol. The van der Waals surface area contributed by atoms with Gasteiger partial charge in [0.15, 0.2) is 0 Å². The number of esters is 1. The van der Waals surface area contributed by atoms with Gasteiger partial charge in [-0.1, -0.05) is 17.2 Å². The first-order chi connectivity index (χ1) is 10.7. The van der Waals surface area contributed by atoms with E-state index in [-0.39, 0.29) is 0 Å². The molecule has 22 heavy (non-hydrogen) atoms. The summed E-state index contributed by atoms with van der Waals surface area (Å²) in [7, 11) is 2.94. The highest BCUT2D eigenvalue weighted by atomic mass is 16.5. The number of hydrogen-bond acceptors (Lipinski definition) is 7. The lowest BCUT2D eigenvalue weighted by atomic mass is 9.95. The minimum atomic E-state index is -0.478. The number of aromatic nitrogens is 4. The number of allylic oxidation sites excluding steroid dienone is 1. The van der Waals surface area contributed by atoms with E-state index in [1.165, 1.54) is 7.11 Å². The Morgan fingerprint density at radius 2 is 2.18 bits per heavy atom. The average Bonchev–Trinajstić information content (AvgIpc) is 3.00. The van der Waals surface area contributed by atoms with E-state index in [1.54, 1.807) is 18.7 Å². The molecule has 8 heteroatoms. The van der Waals surface area contributed by atoms with Crippen LogP contribution >= 0.6 is 0 Å². The second-order valence-electron chi connectivity index (χ2n) is 4.78. The smallest absolute Gasteiger partial charge is 0.338 e. The molecule has 1 unspecified atom stereocenters. The van der Waals surface area contributed by atoms with Gasteiger partial charge in [-0.3, -0.25) is 0 Å². The summed E-state index contributed by atoms with van der Waals surface area (Å²) in [6.07, 6.45) is 0. The molecular formula is C14H15N5O3. The molecule has 1 aliphatic heterocycles. The number of rotatable bonds is 3. The molecule has 2 aromatic rings. The second-order valence-corrected chi connectivity index (χ2v) is 4.78. The zero-order valence-corrected chi connectivity index (χ0v) is 12.4. The molecule has 0 saturated heterocycles. The van der Waals surface area contributed by atoms with Crippen molar-refractivity contribution in [1.82, 2.24) is 20.2 Å². The van der Waals surface area contributed by atoms with Crippen molar-refractivity contribution < 1.29 is 14.3 Å². The SMILES string of the molecule is COC(=O)C1=C(C)Nc2nnnn2C1c1cccc(OC)c1. The number of carbonyl (C=O) groups excluding carboxylic acids is 1. The third-order valence-corrected chi connectivity index (χ3v) is 3.53. The number of tetrazole rings is 1. The predicted octanol–water partition coefficient (Wildman–Crippen LogP) is 1.14. The molecule has 1 aromatic carbocycles. The molecule has 0 amide bonds. The molecule has 1 atom stereocenters. The molecule has 3 rings (SSSR count). The van der Waals surface area contributed by atoms with Crippen molar-refractivity contribution in [1.29, 1.82) is 0 Å². The van der Waals surface area contributed by atoms with Gasteiger partial charge in [0, 0.05) is 5.70 Å². The lowest BCUT2D eigenvalue weighted by molar-refractivity contribution is -0.136. The number of nitrogens with one attached hydrogen (secondary N) is 1. The van der Waals surface area contributed by atoms with E-state index in [0.717, 1.165) is 5.56 Å². The fourth-order valence-corrected chi connectivity index (χ4v) is 2.51. The van der Waals surface area contributed by atoms with Gasteiger partial charge in [0.1, 0.15) is 11.8 Å². The summed E-state index contributed by atoms with van der Waals surface area (Å²) in [4.78, 5) is 12.2. The first-order valence-electron chi connectivity index (χ1n) is 6.63. The lowest BCUT2D eigenvalue weighted by Crippen LogP contribution is -2.29. The number of ether oxygens (including phenoxy) is 2. The summed E-state index contributed by atoms with van der Waals surface area (Å²) >= 11 is 0. The molecule has 0 saturated carbocycles. The van der Waals surface area contributed by atoms with Gasteiger partial charge in [0.2, 0.25) is 5.95 Å². The maximum Gasteiger partial charge on any atom is 0.338 e. The maximum atomic E-state index is 12.2. The number of nitrogens with zero attached hydrogens (tertiary/aromatic N) is 4. The molecule has 0 bridgehead atoms. The Kier molecular flexibility index (Phi) is 3.50. The fourth-order valence-electron chi connectivity index (χ4n) is 2.51. The summed E-state index contributed by atoms with van der Waals surface area (Å²) in [6, 6.07) is 6.94. The predicted molar refractivity (Wildman–Crippen MR) is 77.3 cm³/mol. The van der Waals surface area contributed by atoms with Gasteiger partial charge < -0.3 is 14.8 Å². The summed E-state index contributed by atoms with van der Waals surface area (Å²) < 4.78 is 11.7. The number of hydrogen-bond donors (Lipinski definition) is 1. The van der Waals surface area contributed by atoms with Crippen LogP contribution in [-0.4, -0.2) is 40.4 Å². The minimum Gasteiger partial charge on any atom is -0.497 e. The number of anilines is 1. The third-order valence-electron chi connectivity index (χ3n) is 3.53. The van der Waals surface area contributed by atoms with Crippen LogP contribution in [0.25, 0.3) is 0 Å². The Bertz CT molecular complexity index is 752. The van der Waals surface area contributed by atoms with E-state index in [0.29, 0.717) is 23.0 Å². The van der Waals surface area contributed by atoms with E-state index in [9.17, 15) is 4.79 Å². The quantitative estimate of drug-likeness (QED) is 0.850. The first-order valence-corrected chi connectivity index (χ1v) is 6.63. The van der Waals surface area contributed by atoms with Crippen LogP contribution in [0.5, 0.6) is 5.75 Å². The van der Waals surface area contributed by atoms with Crippen molar-refractivity contribution in [2.45, 2.75) is 13.0 Å². The molecule has 114 valence electrons. The van der Waals surface area contributed by atoms with Gasteiger partial charge in [-0.2, -0.15) is 4.68 Å². The van der Waals surface area contributed by atoms with E-state index in [2.05, 4.69) is 20.8 Å². The van der Waals surface area contributed by atoms with Gasteiger partial charge >= 0.3 is 5.97 Å². The zero-order valence-electron chi connectivity index (χ0n) is 12.4. The standard InChI is InChI=1S/C14H15N5O3/c1-8-11(13(20)22-3)12(19-14(15-8)16-17-18-19)9-5-4-6-10(7-9)21-2/h4-7,12H,1-3H3,(H,15,16,18). The van der Waals surface area contributed by atoms with Crippen molar-refractivity contribution in [3.05, 3.63) is 41.1 Å². The van der Waals surface area contributed by atoms with E-state index >= 15 is 0 Å². The fraction of sp³-hybridized carbons (Fsp3) is 0.286. The van der Waals surface area contributed by atoms with Crippen LogP contribution in [0.2, 0.25) is 0 Å². The summed E-state index contributed by atoms with van der Waals surface area (Å²) in [5.41, 5.74) is 1.94. The highest BCUT2D eigenvalue weighted by molar-refractivity contribution is 5.92. The van der Waals surface area contributed by atoms with Gasteiger partial charge in [0.25, 0.3) is 0 Å². The van der Waals surface area contributed by atoms with E-state index < -0.39 is 12.0 Å². The second kappa shape index (κ2) is 5.47. The molecule has 0 radical (unpaired) electrons. The highest BCUT2D eigenvalue weighted by Gasteiger charge is 2.34. The normalized spacial score (nSPS) is 16.8. The van der Waals surface area contributed by atoms with Crippen molar-refractivity contribution in [2.24, 2.45) is 0 Å². The zero-order chi connectivity index (χ0) is 15.7. The molecule has 8 nitrogen and oxygen atoms in total. The summed E-state index contributed by atoms with van der Waals surface area (Å²) in [6.45, 7) is 1.79. The largest absolute Gasteiger partial charge is 0.497 e. The van der Waals surface area contributed by atoms with Crippen molar-refractivity contribution >= 4 is 11.9 Å². The lowest BCUT2D eigenvalue weighted by Gasteiger charge is -2.27. The molecule has 0 spiro atoms. The van der Waals surface area contributed by atoms with E-state index in [4.69, 9.17) is 9.47 Å². The van der Waals surface area contributed by atoms with Crippen LogP contribution in [-0.2, 0) is 9.53 Å². The van der Waals surface area contributed by atoms with Gasteiger partial charge in [0.05, 0.1) is 19.8 Å². The Hall–Kier alpha value is -2.90. The summed E-state index contributed by atoms with van der Waals surface area (Å²) in [5, 5.41) is 14.6. The maximum absolute atomic E-state index is 12.2. The Morgan fingerprint density at radius 1 is 1.36 bits per heavy atom. The van der Waals surface area contributed by atoms with Crippen LogP contribution in [0.15, 0.2) is 35.5 Å². The van der Waals surface area contributed by atoms with Crippen LogP contribution in [0.1, 0.15) is 18.5 Å². The third kappa shape index (κ3) is 2.18. The van der Waals surface area contributed by atoms with Crippen molar-refractivity contribution in [3.8, 4) is 5.75 Å². The van der Waals surface area contributed by atoms with Crippen LogP contribution < -0.4 is 10.1 Å². The Balaban J connectivity index is 2.18. The van der Waals surface area contributed by atoms with Crippen LogP contribution in [0.4, 0.5) is 5.95 Å². The van der Waals surface area contributed by atoms with Gasteiger partial charge in [-0.05, 0) is 35.0 Å². The van der Waals surface area contributed by atoms with Crippen molar-refractivity contribution in [3.63, 3.8) is 0 Å². The van der Waals surface area contributed by atoms with Crippen LogP contribution in [0.3, 0.4) is 0 Å². The molecule has 0 aliphatic carbocycles. The summed E-state index contributed by atoms with van der Waals surface area (Å²) in [5.74, 6) is 0.726. The number of methoxy groups -OCH3 is 2. The first kappa shape index (κ1) is 14.1. The number of carbonyl (C=O) groups is 1. The van der Waals surface area contributed by atoms with E-state index in [1.807, 2.05) is 24.3 Å². The molecular weight excluding hydrogens is 286 g/mol. The number of benzene rings is 1. The van der Waals surface area contributed by atoms with Crippen molar-refractivity contribution in [2.75, 3.05) is 19.5 Å².